The average molecular weight is 111 g/mol. The molecule has 0 N–H and O–H groups in total. The SMILES string of the molecule is [2H]C([2H])(C)c1ncncn1. The quantitative estimate of drug-likeness (QED) is 0.527. The minimum Gasteiger partial charge on any atom is -0.225 e. The molecule has 42 valence electrons. The summed E-state index contributed by atoms with van der Waals surface area (Å²) < 4.78 is 14.4. The maximum atomic E-state index is 7.19. The van der Waals surface area contributed by atoms with Crippen molar-refractivity contribution in [2.75, 3.05) is 0 Å². The molecule has 0 fully saturated rings. The van der Waals surface area contributed by atoms with Crippen LogP contribution in [0.5, 0.6) is 0 Å². The van der Waals surface area contributed by atoms with Crippen molar-refractivity contribution >= 4 is 0 Å². The van der Waals surface area contributed by atoms with Crippen LogP contribution in [0.3, 0.4) is 0 Å². The molecule has 1 aromatic heterocycles. The number of hydrogen-bond acceptors (Lipinski definition) is 3. The molecule has 0 spiro atoms. The van der Waals surface area contributed by atoms with E-state index in [0.29, 0.717) is 0 Å². The lowest BCUT2D eigenvalue weighted by molar-refractivity contribution is 0.896. The van der Waals surface area contributed by atoms with Gasteiger partial charge in [-0.1, -0.05) is 6.92 Å². The topological polar surface area (TPSA) is 38.7 Å². The van der Waals surface area contributed by atoms with E-state index >= 15 is 0 Å². The van der Waals surface area contributed by atoms with E-state index in [4.69, 9.17) is 2.74 Å². The molecule has 0 aliphatic carbocycles. The summed E-state index contributed by atoms with van der Waals surface area (Å²) >= 11 is 0. The molecule has 1 aromatic rings. The van der Waals surface area contributed by atoms with Crippen LogP contribution in [-0.4, -0.2) is 15.0 Å². The molecule has 1 rings (SSSR count). The maximum absolute atomic E-state index is 7.19. The summed E-state index contributed by atoms with van der Waals surface area (Å²) in [5.41, 5.74) is 0. The van der Waals surface area contributed by atoms with Crippen LogP contribution in [0.2, 0.25) is 0 Å². The summed E-state index contributed by atoms with van der Waals surface area (Å²) in [5, 5.41) is 0. The second kappa shape index (κ2) is 2.35. The van der Waals surface area contributed by atoms with Crippen molar-refractivity contribution in [3.05, 3.63) is 18.5 Å². The first-order valence-corrected chi connectivity index (χ1v) is 2.23. The van der Waals surface area contributed by atoms with E-state index in [0.717, 1.165) is 0 Å². The van der Waals surface area contributed by atoms with Crippen LogP contribution in [0.25, 0.3) is 0 Å². The van der Waals surface area contributed by atoms with Crippen molar-refractivity contribution in [1.29, 1.82) is 0 Å². The van der Waals surface area contributed by atoms with Crippen molar-refractivity contribution in [2.45, 2.75) is 13.3 Å². The van der Waals surface area contributed by atoms with E-state index in [1.165, 1.54) is 19.6 Å². The average Bonchev–Trinajstić information content (AvgIpc) is 1.88. The molecule has 0 aromatic carbocycles. The number of nitrogens with zero attached hydrogens (tertiary/aromatic N) is 3. The van der Waals surface area contributed by atoms with Crippen LogP contribution in [-0.2, 0) is 6.37 Å². The molecule has 0 aliphatic heterocycles. The number of aryl methyl sites for hydroxylation is 1. The molecular formula is C5H7N3. The monoisotopic (exact) mass is 111 g/mol. The van der Waals surface area contributed by atoms with Crippen LogP contribution in [0.4, 0.5) is 0 Å². The summed E-state index contributed by atoms with van der Waals surface area (Å²) in [4.78, 5) is 10.9. The molecular weight excluding hydrogens is 102 g/mol. The third-order valence-electron chi connectivity index (χ3n) is 0.717. The van der Waals surface area contributed by atoms with Gasteiger partial charge in [0, 0.05) is 9.11 Å². The van der Waals surface area contributed by atoms with E-state index in [-0.39, 0.29) is 5.82 Å². The van der Waals surface area contributed by atoms with Gasteiger partial charge in [-0.2, -0.15) is 0 Å². The lowest BCUT2D eigenvalue weighted by atomic mass is 10.5. The predicted octanol–water partition coefficient (Wildman–Crippen LogP) is 0.434. The van der Waals surface area contributed by atoms with Crippen molar-refractivity contribution in [1.82, 2.24) is 15.0 Å². The predicted molar refractivity (Wildman–Crippen MR) is 29.2 cm³/mol. The summed E-state index contributed by atoms with van der Waals surface area (Å²) in [6.07, 6.45) is 1.09. The number of hydrogen-bond donors (Lipinski definition) is 0. The molecule has 8 heavy (non-hydrogen) atoms. The minimum absolute atomic E-state index is 0.169. The summed E-state index contributed by atoms with van der Waals surface area (Å²) in [6.45, 7) is 1.41. The zero-order chi connectivity index (χ0) is 7.61. The molecule has 0 radical (unpaired) electrons. The van der Waals surface area contributed by atoms with Gasteiger partial charge >= 0.3 is 0 Å². The van der Waals surface area contributed by atoms with Gasteiger partial charge in [0.05, 0.1) is 0 Å². The Balaban J connectivity index is 2.97. The van der Waals surface area contributed by atoms with Crippen LogP contribution in [0.15, 0.2) is 12.7 Å². The Morgan fingerprint density at radius 1 is 1.62 bits per heavy atom. The van der Waals surface area contributed by atoms with Crippen molar-refractivity contribution < 1.29 is 2.74 Å². The molecule has 0 saturated carbocycles. The summed E-state index contributed by atoms with van der Waals surface area (Å²) in [5.74, 6) is 0.169. The molecule has 0 bridgehead atoms. The van der Waals surface area contributed by atoms with Gasteiger partial charge in [0.2, 0.25) is 0 Å². The van der Waals surface area contributed by atoms with Crippen LogP contribution in [0.1, 0.15) is 15.5 Å². The zero-order valence-corrected chi connectivity index (χ0v) is 4.50. The second-order valence-electron chi connectivity index (χ2n) is 1.21. The van der Waals surface area contributed by atoms with E-state index in [1.807, 2.05) is 0 Å². The number of rotatable bonds is 1. The summed E-state index contributed by atoms with van der Waals surface area (Å²) in [6, 6.07) is 0. The van der Waals surface area contributed by atoms with E-state index in [9.17, 15) is 0 Å². The maximum Gasteiger partial charge on any atom is 0.131 e. The fourth-order valence-corrected chi connectivity index (χ4v) is 0.368. The molecule has 3 heteroatoms. The molecule has 0 amide bonds. The van der Waals surface area contributed by atoms with Gasteiger partial charge in [0.15, 0.2) is 0 Å². The Labute approximate surface area is 50.6 Å². The van der Waals surface area contributed by atoms with Gasteiger partial charge in [-0.3, -0.25) is 0 Å². The first-order chi connectivity index (χ1) is 4.61. The molecule has 3 nitrogen and oxygen atoms in total. The number of aromatic nitrogens is 3. The third kappa shape index (κ3) is 0.992. The van der Waals surface area contributed by atoms with Gasteiger partial charge in [-0.25, -0.2) is 15.0 Å². The minimum atomic E-state index is -1.47. The first kappa shape index (κ1) is 3.12. The highest BCUT2D eigenvalue weighted by Crippen LogP contribution is 1.82. The van der Waals surface area contributed by atoms with Crippen LogP contribution < -0.4 is 0 Å². The van der Waals surface area contributed by atoms with Crippen molar-refractivity contribution in [3.63, 3.8) is 0 Å². The highest BCUT2D eigenvalue weighted by molar-refractivity contribution is 4.78. The Morgan fingerprint density at radius 3 is 2.62 bits per heavy atom. The molecule has 0 atom stereocenters. The first-order valence-electron chi connectivity index (χ1n) is 3.23. The van der Waals surface area contributed by atoms with Gasteiger partial charge < -0.3 is 0 Å². The van der Waals surface area contributed by atoms with Crippen LogP contribution >= 0.6 is 0 Å². The highest BCUT2D eigenvalue weighted by Gasteiger charge is 1.84. The highest BCUT2D eigenvalue weighted by atomic mass is 15.0. The Morgan fingerprint density at radius 2 is 2.25 bits per heavy atom. The van der Waals surface area contributed by atoms with E-state index < -0.39 is 6.37 Å². The fraction of sp³-hybridized carbons (Fsp3) is 0.400. The largest absolute Gasteiger partial charge is 0.225 e. The fourth-order valence-electron chi connectivity index (χ4n) is 0.368. The Bertz CT molecular complexity index is 206. The van der Waals surface area contributed by atoms with Gasteiger partial charge in [0.25, 0.3) is 0 Å². The smallest absolute Gasteiger partial charge is 0.131 e. The molecule has 0 saturated heterocycles. The van der Waals surface area contributed by atoms with Crippen molar-refractivity contribution in [3.8, 4) is 0 Å². The Hall–Kier alpha value is -0.990. The van der Waals surface area contributed by atoms with Gasteiger partial charge in [-0.15, -0.1) is 0 Å². The third-order valence-corrected chi connectivity index (χ3v) is 0.717. The summed E-state index contributed by atoms with van der Waals surface area (Å²) in [7, 11) is 0. The van der Waals surface area contributed by atoms with Crippen LogP contribution in [0, 0.1) is 0 Å². The second-order valence-corrected chi connectivity index (χ2v) is 1.21. The van der Waals surface area contributed by atoms with Crippen molar-refractivity contribution in [2.24, 2.45) is 0 Å². The van der Waals surface area contributed by atoms with Gasteiger partial charge in [-0.05, 0) is 0 Å². The standard InChI is InChI=1S/C5H7N3/c1-2-5-7-3-6-4-8-5/h3-4H,2H2,1H3/i2D2. The Kier molecular flexibility index (Phi) is 0.917. The molecule has 0 unspecified atom stereocenters. The normalized spacial score (nSPS) is 14.6. The zero-order valence-electron chi connectivity index (χ0n) is 6.50. The van der Waals surface area contributed by atoms with Gasteiger partial charge in [0.1, 0.15) is 18.5 Å². The molecule has 1 heterocycles. The van der Waals surface area contributed by atoms with E-state index in [1.54, 1.807) is 0 Å². The lowest BCUT2D eigenvalue weighted by Gasteiger charge is -1.87. The van der Waals surface area contributed by atoms with E-state index in [2.05, 4.69) is 15.0 Å². The molecule has 0 aliphatic rings. The lowest BCUT2D eigenvalue weighted by Crippen LogP contribution is -1.90.